The number of para-hydroxylation sites is 2. The van der Waals surface area contributed by atoms with Gasteiger partial charge in [0.15, 0.2) is 0 Å². The van der Waals surface area contributed by atoms with Crippen LogP contribution in [0.5, 0.6) is 5.75 Å². The molecule has 1 aliphatic rings. The summed E-state index contributed by atoms with van der Waals surface area (Å²) >= 11 is -0.336. The number of halogens is 3. The van der Waals surface area contributed by atoms with Crippen LogP contribution in [0.4, 0.5) is 18.9 Å². The van der Waals surface area contributed by atoms with E-state index in [1.54, 1.807) is 24.3 Å². The minimum absolute atomic E-state index is 0.179. The Bertz CT molecular complexity index is 617. The van der Waals surface area contributed by atoms with E-state index >= 15 is 0 Å². The molecule has 5 nitrogen and oxygen atoms in total. The van der Waals surface area contributed by atoms with Gasteiger partial charge in [-0.3, -0.25) is 9.59 Å². The molecule has 1 fully saturated rings. The second kappa shape index (κ2) is 8.46. The Morgan fingerprint density at radius 3 is 2.52 bits per heavy atom. The highest BCUT2D eigenvalue weighted by atomic mass is 32.2. The van der Waals surface area contributed by atoms with Crippen molar-refractivity contribution in [1.29, 1.82) is 0 Å². The summed E-state index contributed by atoms with van der Waals surface area (Å²) in [6.45, 7) is 0.558. The number of alkyl halides is 3. The van der Waals surface area contributed by atoms with Crippen LogP contribution in [0.15, 0.2) is 24.3 Å². The number of likely N-dealkylation sites (tertiary alicyclic amines) is 1. The molecular formula is C16H19F3N2O3S. The molecule has 1 heterocycles. The van der Waals surface area contributed by atoms with E-state index in [1.807, 2.05) is 0 Å². The van der Waals surface area contributed by atoms with E-state index in [0.29, 0.717) is 24.3 Å². The fourth-order valence-electron chi connectivity index (χ4n) is 2.61. The molecule has 1 aromatic carbocycles. The second-order valence-electron chi connectivity index (χ2n) is 5.58. The molecule has 1 aliphatic heterocycles. The molecule has 1 N–H and O–H groups in total. The van der Waals surface area contributed by atoms with Gasteiger partial charge in [-0.25, -0.2) is 0 Å². The average molecular weight is 376 g/mol. The standard InChI is InChI=1S/C16H19F3N2O3S/c1-24-13-5-3-2-4-12(13)20-15(23)11-6-8-21(9-7-11)14(22)10-25-16(17,18)19/h2-5,11H,6-10H2,1H3,(H,20,23). The molecule has 25 heavy (non-hydrogen) atoms. The summed E-state index contributed by atoms with van der Waals surface area (Å²) in [5.41, 5.74) is -3.85. The van der Waals surface area contributed by atoms with Crippen molar-refractivity contribution in [1.82, 2.24) is 4.90 Å². The van der Waals surface area contributed by atoms with Crippen molar-refractivity contribution in [3.63, 3.8) is 0 Å². The summed E-state index contributed by atoms with van der Waals surface area (Å²) in [6, 6.07) is 7.02. The highest BCUT2D eigenvalue weighted by Crippen LogP contribution is 2.31. The van der Waals surface area contributed by atoms with Crippen LogP contribution in [-0.2, 0) is 9.59 Å². The lowest BCUT2D eigenvalue weighted by molar-refractivity contribution is -0.132. The predicted octanol–water partition coefficient (Wildman–Crippen LogP) is 3.13. The van der Waals surface area contributed by atoms with Crippen LogP contribution in [0.1, 0.15) is 12.8 Å². The zero-order chi connectivity index (χ0) is 18.4. The first-order valence-corrected chi connectivity index (χ1v) is 8.71. The van der Waals surface area contributed by atoms with E-state index in [4.69, 9.17) is 4.74 Å². The minimum atomic E-state index is -4.41. The first-order chi connectivity index (χ1) is 11.8. The molecule has 0 saturated carbocycles. The zero-order valence-electron chi connectivity index (χ0n) is 13.6. The molecule has 0 spiro atoms. The third-order valence-electron chi connectivity index (χ3n) is 3.94. The lowest BCUT2D eigenvalue weighted by Gasteiger charge is -2.31. The van der Waals surface area contributed by atoms with E-state index in [9.17, 15) is 22.8 Å². The summed E-state index contributed by atoms with van der Waals surface area (Å²) in [6.07, 6.45) is 0.840. The highest BCUT2D eigenvalue weighted by Gasteiger charge is 2.32. The number of rotatable bonds is 5. The number of hydrogen-bond acceptors (Lipinski definition) is 4. The minimum Gasteiger partial charge on any atom is -0.495 e. The van der Waals surface area contributed by atoms with Gasteiger partial charge in [0, 0.05) is 19.0 Å². The van der Waals surface area contributed by atoms with Gasteiger partial charge in [-0.2, -0.15) is 13.2 Å². The Balaban J connectivity index is 1.83. The van der Waals surface area contributed by atoms with Crippen LogP contribution in [0.3, 0.4) is 0 Å². The lowest BCUT2D eigenvalue weighted by Crippen LogP contribution is -2.42. The smallest absolute Gasteiger partial charge is 0.442 e. The number of carbonyl (C=O) groups is 2. The largest absolute Gasteiger partial charge is 0.495 e. The molecule has 0 aliphatic carbocycles. The molecule has 1 aromatic rings. The van der Waals surface area contributed by atoms with Crippen molar-refractivity contribution in [2.24, 2.45) is 5.92 Å². The lowest BCUT2D eigenvalue weighted by atomic mass is 9.96. The molecular weight excluding hydrogens is 357 g/mol. The molecule has 0 atom stereocenters. The number of thioether (sulfide) groups is 1. The summed E-state index contributed by atoms with van der Waals surface area (Å²) in [7, 11) is 1.51. The zero-order valence-corrected chi connectivity index (χ0v) is 14.5. The van der Waals surface area contributed by atoms with Gasteiger partial charge in [-0.15, -0.1) is 0 Å². The summed E-state index contributed by atoms with van der Waals surface area (Å²) < 4.78 is 41.6. The average Bonchev–Trinajstić information content (AvgIpc) is 2.59. The van der Waals surface area contributed by atoms with Gasteiger partial charge < -0.3 is 15.0 Å². The van der Waals surface area contributed by atoms with Crippen LogP contribution in [0, 0.1) is 5.92 Å². The second-order valence-corrected chi connectivity index (χ2v) is 6.62. The van der Waals surface area contributed by atoms with Gasteiger partial charge in [0.1, 0.15) is 5.75 Å². The van der Waals surface area contributed by atoms with Gasteiger partial charge in [0.25, 0.3) is 0 Å². The number of carbonyl (C=O) groups excluding carboxylic acids is 2. The van der Waals surface area contributed by atoms with Crippen LogP contribution in [0.2, 0.25) is 0 Å². The Hall–Kier alpha value is -1.90. The molecule has 0 bridgehead atoms. The molecule has 2 amide bonds. The highest BCUT2D eigenvalue weighted by molar-refractivity contribution is 8.00. The van der Waals surface area contributed by atoms with Crippen molar-refractivity contribution in [3.8, 4) is 5.75 Å². The molecule has 0 aromatic heterocycles. The number of nitrogens with zero attached hydrogens (tertiary/aromatic N) is 1. The number of nitrogens with one attached hydrogen (secondary N) is 1. The molecule has 2 rings (SSSR count). The van der Waals surface area contributed by atoms with Crippen LogP contribution >= 0.6 is 11.8 Å². The van der Waals surface area contributed by atoms with E-state index < -0.39 is 17.2 Å². The van der Waals surface area contributed by atoms with E-state index in [2.05, 4.69) is 5.32 Å². The van der Waals surface area contributed by atoms with Gasteiger partial charge in [0.05, 0.1) is 18.6 Å². The monoisotopic (exact) mass is 376 g/mol. The third-order valence-corrected chi connectivity index (χ3v) is 4.66. The maximum atomic E-state index is 12.3. The van der Waals surface area contributed by atoms with Crippen LogP contribution < -0.4 is 10.1 Å². The number of amides is 2. The number of methoxy groups -OCH3 is 1. The maximum absolute atomic E-state index is 12.3. The molecule has 1 saturated heterocycles. The Kier molecular flexibility index (Phi) is 6.57. The molecule has 0 unspecified atom stereocenters. The maximum Gasteiger partial charge on any atom is 0.442 e. The van der Waals surface area contributed by atoms with Gasteiger partial charge in [-0.05, 0) is 36.7 Å². The van der Waals surface area contributed by atoms with Gasteiger partial charge >= 0.3 is 5.51 Å². The predicted molar refractivity (Wildman–Crippen MR) is 89.4 cm³/mol. The Morgan fingerprint density at radius 2 is 1.92 bits per heavy atom. The fourth-order valence-corrected chi connectivity index (χ4v) is 3.08. The number of piperidine rings is 1. The van der Waals surface area contributed by atoms with Gasteiger partial charge in [0.2, 0.25) is 11.8 Å². The SMILES string of the molecule is COc1ccccc1NC(=O)C1CCN(C(=O)CSC(F)(F)F)CC1. The topological polar surface area (TPSA) is 58.6 Å². The van der Waals surface area contributed by atoms with Crippen molar-refractivity contribution < 1.29 is 27.5 Å². The molecule has 138 valence electrons. The number of ether oxygens (including phenoxy) is 1. The van der Waals surface area contributed by atoms with Gasteiger partial charge in [-0.1, -0.05) is 12.1 Å². The van der Waals surface area contributed by atoms with Crippen LogP contribution in [0.25, 0.3) is 0 Å². The van der Waals surface area contributed by atoms with Crippen molar-refractivity contribution in [2.45, 2.75) is 18.3 Å². The van der Waals surface area contributed by atoms with Crippen LogP contribution in [-0.4, -0.2) is 48.2 Å². The summed E-state index contributed by atoms with van der Waals surface area (Å²) in [5, 5.41) is 2.80. The normalized spacial score (nSPS) is 15.8. The van der Waals surface area contributed by atoms with E-state index in [1.165, 1.54) is 12.0 Å². The number of anilines is 1. The summed E-state index contributed by atoms with van der Waals surface area (Å²) in [4.78, 5) is 25.5. The van der Waals surface area contributed by atoms with E-state index in [-0.39, 0.29) is 36.7 Å². The van der Waals surface area contributed by atoms with Crippen molar-refractivity contribution in [3.05, 3.63) is 24.3 Å². The third kappa shape index (κ3) is 5.84. The number of benzene rings is 1. The fraction of sp³-hybridized carbons (Fsp3) is 0.500. The van der Waals surface area contributed by atoms with E-state index in [0.717, 1.165) is 0 Å². The Labute approximate surface area is 147 Å². The first kappa shape index (κ1) is 19.4. The van der Waals surface area contributed by atoms with Crippen molar-refractivity contribution >= 4 is 29.3 Å². The quantitative estimate of drug-likeness (QED) is 0.858. The number of hydrogen-bond donors (Lipinski definition) is 1. The summed E-state index contributed by atoms with van der Waals surface area (Å²) in [5.74, 6) is -1.09. The Morgan fingerprint density at radius 1 is 1.28 bits per heavy atom. The molecule has 0 radical (unpaired) electrons. The first-order valence-electron chi connectivity index (χ1n) is 7.72. The van der Waals surface area contributed by atoms with Crippen molar-refractivity contribution in [2.75, 3.05) is 31.3 Å². The molecule has 9 heteroatoms.